The van der Waals surface area contributed by atoms with E-state index in [2.05, 4.69) is 5.32 Å². The molecule has 0 fully saturated rings. The summed E-state index contributed by atoms with van der Waals surface area (Å²) in [5.41, 5.74) is 0.933. The second-order valence-corrected chi connectivity index (χ2v) is 7.23. The molecule has 3 rings (SSSR count). The van der Waals surface area contributed by atoms with Gasteiger partial charge in [-0.15, -0.1) is 11.3 Å². The maximum Gasteiger partial charge on any atom is 0.347 e. The number of halogens is 1. The Kier molecular flexibility index (Phi) is 6.97. The van der Waals surface area contributed by atoms with E-state index in [9.17, 15) is 14.0 Å². The molecular weight excluding hydrogens is 393 g/mol. The number of rotatable bonds is 8. The smallest absolute Gasteiger partial charge is 0.347 e. The molecule has 2 aromatic carbocycles. The molecule has 3 aromatic rings. The molecule has 0 aliphatic heterocycles. The van der Waals surface area contributed by atoms with Crippen molar-refractivity contribution < 1.29 is 23.5 Å². The normalized spacial score (nSPS) is 12.6. The van der Waals surface area contributed by atoms with Crippen LogP contribution in [0.3, 0.4) is 0 Å². The molecule has 0 saturated heterocycles. The Balaban J connectivity index is 1.55. The first-order valence-corrected chi connectivity index (χ1v) is 9.87. The van der Waals surface area contributed by atoms with E-state index in [4.69, 9.17) is 9.47 Å². The molecule has 1 heterocycles. The van der Waals surface area contributed by atoms with Gasteiger partial charge in [-0.05, 0) is 48.2 Å². The van der Waals surface area contributed by atoms with Crippen LogP contribution in [0.1, 0.15) is 23.4 Å². The van der Waals surface area contributed by atoms with Gasteiger partial charge in [0, 0.05) is 4.88 Å². The minimum Gasteiger partial charge on any atom is -0.479 e. The summed E-state index contributed by atoms with van der Waals surface area (Å²) in [4.78, 5) is 25.5. The van der Waals surface area contributed by atoms with Crippen LogP contribution in [-0.4, -0.2) is 24.6 Å². The van der Waals surface area contributed by atoms with Crippen LogP contribution < -0.4 is 10.1 Å². The fourth-order valence-corrected chi connectivity index (χ4v) is 3.44. The van der Waals surface area contributed by atoms with E-state index in [1.165, 1.54) is 42.5 Å². The molecule has 0 spiro atoms. The van der Waals surface area contributed by atoms with Gasteiger partial charge in [-0.2, -0.15) is 0 Å². The van der Waals surface area contributed by atoms with Crippen molar-refractivity contribution in [1.82, 2.24) is 5.32 Å². The predicted octanol–water partition coefficient (Wildman–Crippen LogP) is 4.10. The van der Waals surface area contributed by atoms with Crippen molar-refractivity contribution in [3.05, 3.63) is 88.4 Å². The molecule has 150 valence electrons. The van der Waals surface area contributed by atoms with Crippen LogP contribution in [0.4, 0.5) is 4.39 Å². The van der Waals surface area contributed by atoms with Gasteiger partial charge in [0.05, 0.1) is 6.04 Å². The largest absolute Gasteiger partial charge is 0.479 e. The van der Waals surface area contributed by atoms with Gasteiger partial charge in [0.15, 0.2) is 12.7 Å². The van der Waals surface area contributed by atoms with Gasteiger partial charge in [-0.25, -0.2) is 9.18 Å². The van der Waals surface area contributed by atoms with Gasteiger partial charge in [0.2, 0.25) is 0 Å². The third-order valence-corrected chi connectivity index (χ3v) is 5.01. The first kappa shape index (κ1) is 20.5. The molecule has 0 saturated carbocycles. The first-order chi connectivity index (χ1) is 14.0. The Bertz CT molecular complexity index is 929. The van der Waals surface area contributed by atoms with Gasteiger partial charge in [0.1, 0.15) is 11.6 Å². The lowest BCUT2D eigenvalue weighted by molar-refractivity contribution is -0.154. The van der Waals surface area contributed by atoms with Crippen LogP contribution in [0.5, 0.6) is 5.75 Å². The summed E-state index contributed by atoms with van der Waals surface area (Å²) in [6.07, 6.45) is -0.935. The Labute approximate surface area is 172 Å². The molecule has 2 atom stereocenters. The van der Waals surface area contributed by atoms with Crippen LogP contribution >= 0.6 is 11.3 Å². The minimum absolute atomic E-state index is 0.324. The van der Waals surface area contributed by atoms with E-state index in [0.29, 0.717) is 5.75 Å². The highest BCUT2D eigenvalue weighted by Crippen LogP contribution is 2.25. The highest BCUT2D eigenvalue weighted by atomic mass is 32.1. The molecule has 1 aromatic heterocycles. The fraction of sp³-hybridized carbons (Fsp3) is 0.182. The van der Waals surface area contributed by atoms with Crippen molar-refractivity contribution in [1.29, 1.82) is 0 Å². The first-order valence-electron chi connectivity index (χ1n) is 8.99. The third kappa shape index (κ3) is 5.89. The van der Waals surface area contributed by atoms with Gasteiger partial charge in [0.25, 0.3) is 5.91 Å². The van der Waals surface area contributed by atoms with Crippen molar-refractivity contribution in [3.8, 4) is 5.75 Å². The molecule has 0 aliphatic carbocycles. The van der Waals surface area contributed by atoms with Crippen LogP contribution in [0.25, 0.3) is 0 Å². The molecule has 0 radical (unpaired) electrons. The number of hydrogen-bond acceptors (Lipinski definition) is 5. The number of esters is 1. The van der Waals surface area contributed by atoms with Crippen LogP contribution in [0, 0.1) is 5.82 Å². The van der Waals surface area contributed by atoms with Gasteiger partial charge < -0.3 is 14.8 Å². The number of benzene rings is 2. The molecule has 0 unspecified atom stereocenters. The molecule has 29 heavy (non-hydrogen) atoms. The lowest BCUT2D eigenvalue weighted by atomic mass is 10.1. The highest BCUT2D eigenvalue weighted by Gasteiger charge is 2.21. The maximum absolute atomic E-state index is 12.9. The number of amides is 1. The maximum atomic E-state index is 12.9. The molecular formula is C22H20FNO4S. The SMILES string of the molecule is C[C@@H](Oc1ccc(F)cc1)C(=O)OCC(=O)N[C@@H](c1ccccc1)c1cccs1. The lowest BCUT2D eigenvalue weighted by Crippen LogP contribution is -2.35. The predicted molar refractivity (Wildman–Crippen MR) is 108 cm³/mol. The summed E-state index contributed by atoms with van der Waals surface area (Å²) in [6.45, 7) is 1.08. The molecule has 0 aliphatic rings. The zero-order chi connectivity index (χ0) is 20.6. The van der Waals surface area contributed by atoms with Crippen molar-refractivity contribution in [2.45, 2.75) is 19.1 Å². The molecule has 5 nitrogen and oxygen atoms in total. The van der Waals surface area contributed by atoms with Crippen molar-refractivity contribution in [3.63, 3.8) is 0 Å². The number of carbonyl (C=O) groups is 2. The van der Waals surface area contributed by atoms with Gasteiger partial charge >= 0.3 is 5.97 Å². The summed E-state index contributed by atoms with van der Waals surface area (Å²) >= 11 is 1.53. The number of nitrogens with one attached hydrogen (secondary N) is 1. The van der Waals surface area contributed by atoms with Crippen molar-refractivity contribution >= 4 is 23.2 Å². The lowest BCUT2D eigenvalue weighted by Gasteiger charge is -2.19. The Morgan fingerprint density at radius 3 is 2.41 bits per heavy atom. The fourth-order valence-electron chi connectivity index (χ4n) is 2.64. The van der Waals surface area contributed by atoms with E-state index in [1.807, 2.05) is 47.8 Å². The number of carbonyl (C=O) groups excluding carboxylic acids is 2. The summed E-state index contributed by atoms with van der Waals surface area (Å²) in [5.74, 6) is -1.17. The quantitative estimate of drug-likeness (QED) is 0.565. The second-order valence-electron chi connectivity index (χ2n) is 6.25. The van der Waals surface area contributed by atoms with Crippen LogP contribution in [0.2, 0.25) is 0 Å². The molecule has 1 amide bonds. The summed E-state index contributed by atoms with van der Waals surface area (Å²) < 4.78 is 23.4. The topological polar surface area (TPSA) is 64.6 Å². The average molecular weight is 413 g/mol. The van der Waals surface area contributed by atoms with E-state index in [0.717, 1.165) is 10.4 Å². The van der Waals surface area contributed by atoms with Gasteiger partial charge in [-0.3, -0.25) is 4.79 Å². The van der Waals surface area contributed by atoms with Crippen molar-refractivity contribution in [2.24, 2.45) is 0 Å². The zero-order valence-corrected chi connectivity index (χ0v) is 16.5. The second kappa shape index (κ2) is 9.84. The van der Waals surface area contributed by atoms with E-state index in [-0.39, 0.29) is 6.04 Å². The monoisotopic (exact) mass is 413 g/mol. The Hall–Kier alpha value is -3.19. The highest BCUT2D eigenvalue weighted by molar-refractivity contribution is 7.10. The Morgan fingerprint density at radius 1 is 1.03 bits per heavy atom. The van der Waals surface area contributed by atoms with E-state index >= 15 is 0 Å². The summed E-state index contributed by atoms with van der Waals surface area (Å²) in [5, 5.41) is 4.83. The van der Waals surface area contributed by atoms with E-state index in [1.54, 1.807) is 0 Å². The summed E-state index contributed by atoms with van der Waals surface area (Å²) in [7, 11) is 0. The standard InChI is InChI=1S/C22H20FNO4S/c1-15(28-18-11-9-17(23)10-12-18)22(26)27-14-20(25)24-21(19-8-5-13-29-19)16-6-3-2-4-7-16/h2-13,15,21H,14H2,1H3,(H,24,25)/t15-,21+/m1/s1. The average Bonchev–Trinajstić information content (AvgIpc) is 3.27. The molecule has 0 bridgehead atoms. The Morgan fingerprint density at radius 2 is 1.76 bits per heavy atom. The number of hydrogen-bond donors (Lipinski definition) is 1. The molecule has 7 heteroatoms. The minimum atomic E-state index is -0.935. The number of thiophene rings is 1. The zero-order valence-electron chi connectivity index (χ0n) is 15.7. The van der Waals surface area contributed by atoms with Gasteiger partial charge in [-0.1, -0.05) is 36.4 Å². The van der Waals surface area contributed by atoms with Crippen LogP contribution in [-0.2, 0) is 14.3 Å². The summed E-state index contributed by atoms with van der Waals surface area (Å²) in [6, 6.07) is 18.4. The van der Waals surface area contributed by atoms with E-state index < -0.39 is 30.4 Å². The van der Waals surface area contributed by atoms with Crippen molar-refractivity contribution in [2.75, 3.05) is 6.61 Å². The van der Waals surface area contributed by atoms with Crippen LogP contribution in [0.15, 0.2) is 72.1 Å². The number of ether oxygens (including phenoxy) is 2. The molecule has 1 N–H and O–H groups in total. The third-order valence-electron chi connectivity index (χ3n) is 4.07.